The molecule has 1 aliphatic rings. The number of carbonyl (C=O) groups excluding carboxylic acids is 1. The van der Waals surface area contributed by atoms with Gasteiger partial charge >= 0.3 is 0 Å². The lowest BCUT2D eigenvalue weighted by atomic mass is 10.0. The summed E-state index contributed by atoms with van der Waals surface area (Å²) in [5.74, 6) is 0.231. The summed E-state index contributed by atoms with van der Waals surface area (Å²) >= 11 is 0. The maximum absolute atomic E-state index is 11.9. The summed E-state index contributed by atoms with van der Waals surface area (Å²) in [4.78, 5) is 16.1. The normalized spacial score (nSPS) is 20.7. The summed E-state index contributed by atoms with van der Waals surface area (Å²) in [6.07, 6.45) is 2.18. The van der Waals surface area contributed by atoms with Crippen molar-refractivity contribution in [1.29, 1.82) is 0 Å². The SMILES string of the molecule is CNC(C)C(=O)N1CCC(N(C)C)CC1. The average molecular weight is 213 g/mol. The van der Waals surface area contributed by atoms with E-state index in [4.69, 9.17) is 0 Å². The van der Waals surface area contributed by atoms with Crippen LogP contribution in [0.5, 0.6) is 0 Å². The van der Waals surface area contributed by atoms with E-state index < -0.39 is 0 Å². The molecule has 1 heterocycles. The maximum Gasteiger partial charge on any atom is 0.239 e. The molecule has 0 aromatic heterocycles. The predicted octanol–water partition coefficient (Wildman–Crippen LogP) is 0.147. The number of likely N-dealkylation sites (tertiary alicyclic amines) is 1. The molecule has 4 nitrogen and oxygen atoms in total. The summed E-state index contributed by atoms with van der Waals surface area (Å²) in [5.41, 5.74) is 0. The molecule has 0 radical (unpaired) electrons. The molecule has 0 spiro atoms. The summed E-state index contributed by atoms with van der Waals surface area (Å²) in [6.45, 7) is 3.71. The number of carbonyl (C=O) groups is 1. The van der Waals surface area contributed by atoms with Crippen LogP contribution in [0.15, 0.2) is 0 Å². The van der Waals surface area contributed by atoms with E-state index in [1.165, 1.54) is 0 Å². The van der Waals surface area contributed by atoms with Gasteiger partial charge in [-0.2, -0.15) is 0 Å². The topological polar surface area (TPSA) is 35.6 Å². The van der Waals surface area contributed by atoms with Crippen LogP contribution in [-0.2, 0) is 4.79 Å². The van der Waals surface area contributed by atoms with Crippen LogP contribution in [0.25, 0.3) is 0 Å². The minimum atomic E-state index is -0.0547. The van der Waals surface area contributed by atoms with Crippen molar-refractivity contribution in [2.75, 3.05) is 34.2 Å². The van der Waals surface area contributed by atoms with Crippen molar-refractivity contribution in [3.05, 3.63) is 0 Å². The Hall–Kier alpha value is -0.610. The number of nitrogens with zero attached hydrogens (tertiary/aromatic N) is 2. The molecule has 1 amide bonds. The molecule has 1 fully saturated rings. The zero-order chi connectivity index (χ0) is 11.4. The van der Waals surface area contributed by atoms with Crippen LogP contribution in [0.1, 0.15) is 19.8 Å². The van der Waals surface area contributed by atoms with Crippen LogP contribution in [0.4, 0.5) is 0 Å². The quantitative estimate of drug-likeness (QED) is 0.725. The van der Waals surface area contributed by atoms with Gasteiger partial charge in [0.05, 0.1) is 6.04 Å². The second-order valence-electron chi connectivity index (χ2n) is 4.53. The highest BCUT2D eigenvalue weighted by Gasteiger charge is 2.25. The Morgan fingerprint density at radius 1 is 1.40 bits per heavy atom. The Morgan fingerprint density at radius 2 is 1.93 bits per heavy atom. The van der Waals surface area contributed by atoms with Gasteiger partial charge in [-0.15, -0.1) is 0 Å². The molecule has 1 unspecified atom stereocenters. The summed E-state index contributed by atoms with van der Waals surface area (Å²) in [6, 6.07) is 0.583. The fraction of sp³-hybridized carbons (Fsp3) is 0.909. The highest BCUT2D eigenvalue weighted by atomic mass is 16.2. The summed E-state index contributed by atoms with van der Waals surface area (Å²) in [5, 5.41) is 2.99. The van der Waals surface area contributed by atoms with Gasteiger partial charge in [0.25, 0.3) is 0 Å². The van der Waals surface area contributed by atoms with E-state index in [0.29, 0.717) is 6.04 Å². The van der Waals surface area contributed by atoms with Crippen molar-refractivity contribution < 1.29 is 4.79 Å². The number of hydrogen-bond acceptors (Lipinski definition) is 3. The average Bonchev–Trinajstić information content (AvgIpc) is 2.27. The van der Waals surface area contributed by atoms with Gasteiger partial charge in [0, 0.05) is 19.1 Å². The van der Waals surface area contributed by atoms with E-state index in [9.17, 15) is 4.79 Å². The molecule has 0 saturated carbocycles. The Balaban J connectivity index is 2.40. The van der Waals surface area contributed by atoms with E-state index in [0.717, 1.165) is 25.9 Å². The van der Waals surface area contributed by atoms with Crippen LogP contribution < -0.4 is 5.32 Å². The first-order valence-corrected chi connectivity index (χ1v) is 5.68. The van der Waals surface area contributed by atoms with E-state index in [-0.39, 0.29) is 11.9 Å². The van der Waals surface area contributed by atoms with Crippen molar-refractivity contribution in [1.82, 2.24) is 15.1 Å². The van der Waals surface area contributed by atoms with Gasteiger partial charge in [-0.3, -0.25) is 4.79 Å². The lowest BCUT2D eigenvalue weighted by Gasteiger charge is -2.36. The van der Waals surface area contributed by atoms with Crippen LogP contribution >= 0.6 is 0 Å². The van der Waals surface area contributed by atoms with Crippen LogP contribution in [0.3, 0.4) is 0 Å². The van der Waals surface area contributed by atoms with Gasteiger partial charge in [0.1, 0.15) is 0 Å². The van der Waals surface area contributed by atoms with Crippen molar-refractivity contribution in [3.8, 4) is 0 Å². The predicted molar refractivity (Wildman–Crippen MR) is 61.8 cm³/mol. The van der Waals surface area contributed by atoms with Crippen LogP contribution in [-0.4, -0.2) is 62.0 Å². The molecule has 1 N–H and O–H groups in total. The van der Waals surface area contributed by atoms with Gasteiger partial charge < -0.3 is 15.1 Å². The van der Waals surface area contributed by atoms with Gasteiger partial charge in [-0.1, -0.05) is 0 Å². The van der Waals surface area contributed by atoms with Crippen LogP contribution in [0.2, 0.25) is 0 Å². The van der Waals surface area contributed by atoms with Crippen LogP contribution in [0, 0.1) is 0 Å². The fourth-order valence-electron chi connectivity index (χ4n) is 2.00. The molecular weight excluding hydrogens is 190 g/mol. The third-order valence-electron chi connectivity index (χ3n) is 3.31. The zero-order valence-electron chi connectivity index (χ0n) is 10.3. The molecule has 1 saturated heterocycles. The van der Waals surface area contributed by atoms with E-state index >= 15 is 0 Å². The first-order valence-electron chi connectivity index (χ1n) is 5.68. The van der Waals surface area contributed by atoms with Gasteiger partial charge in [-0.05, 0) is 40.9 Å². The molecular formula is C11H23N3O. The van der Waals surface area contributed by atoms with E-state index in [1.54, 1.807) is 0 Å². The van der Waals surface area contributed by atoms with Gasteiger partial charge in [0.15, 0.2) is 0 Å². The number of nitrogens with one attached hydrogen (secondary N) is 1. The third kappa shape index (κ3) is 3.18. The van der Waals surface area contributed by atoms with Crippen molar-refractivity contribution in [2.45, 2.75) is 31.8 Å². The molecule has 1 rings (SSSR count). The lowest BCUT2D eigenvalue weighted by molar-refractivity contribution is -0.134. The van der Waals surface area contributed by atoms with Gasteiger partial charge in [0.2, 0.25) is 5.91 Å². The molecule has 1 aliphatic heterocycles. The number of rotatable bonds is 3. The Kier molecular flexibility index (Phi) is 4.54. The van der Waals surface area contributed by atoms with Crippen molar-refractivity contribution >= 4 is 5.91 Å². The molecule has 4 heteroatoms. The summed E-state index contributed by atoms with van der Waals surface area (Å²) in [7, 11) is 6.05. The molecule has 15 heavy (non-hydrogen) atoms. The Labute approximate surface area is 92.6 Å². The number of hydrogen-bond donors (Lipinski definition) is 1. The molecule has 0 bridgehead atoms. The third-order valence-corrected chi connectivity index (χ3v) is 3.31. The highest BCUT2D eigenvalue weighted by Crippen LogP contribution is 2.14. The molecule has 1 atom stereocenters. The second kappa shape index (κ2) is 5.47. The fourth-order valence-corrected chi connectivity index (χ4v) is 2.00. The minimum absolute atomic E-state index is 0.0547. The van der Waals surface area contributed by atoms with Gasteiger partial charge in [-0.25, -0.2) is 0 Å². The maximum atomic E-state index is 11.9. The van der Waals surface area contributed by atoms with E-state index in [1.807, 2.05) is 18.9 Å². The number of amides is 1. The Bertz CT molecular complexity index is 210. The zero-order valence-corrected chi connectivity index (χ0v) is 10.3. The summed E-state index contributed by atoms with van der Waals surface area (Å²) < 4.78 is 0. The van der Waals surface area contributed by atoms with Crippen molar-refractivity contribution in [3.63, 3.8) is 0 Å². The first kappa shape index (κ1) is 12.5. The molecule has 0 aliphatic carbocycles. The van der Waals surface area contributed by atoms with E-state index in [2.05, 4.69) is 24.3 Å². The number of likely N-dealkylation sites (N-methyl/N-ethyl adjacent to an activating group) is 1. The lowest BCUT2D eigenvalue weighted by Crippen LogP contribution is -2.49. The smallest absolute Gasteiger partial charge is 0.239 e. The standard InChI is InChI=1S/C11H23N3O/c1-9(12-2)11(15)14-7-5-10(6-8-14)13(3)4/h9-10,12H,5-8H2,1-4H3. The highest BCUT2D eigenvalue weighted by molar-refractivity contribution is 5.81. The molecule has 0 aromatic rings. The Morgan fingerprint density at radius 3 is 2.33 bits per heavy atom. The largest absolute Gasteiger partial charge is 0.341 e. The first-order chi connectivity index (χ1) is 7.06. The minimum Gasteiger partial charge on any atom is -0.341 e. The monoisotopic (exact) mass is 213 g/mol. The molecule has 88 valence electrons. The molecule has 0 aromatic carbocycles. The second-order valence-corrected chi connectivity index (χ2v) is 4.53. The van der Waals surface area contributed by atoms with Crippen molar-refractivity contribution in [2.24, 2.45) is 0 Å². The number of piperidine rings is 1.